The van der Waals surface area contributed by atoms with Crippen LogP contribution in [0.25, 0.3) is 0 Å². The van der Waals surface area contributed by atoms with Crippen LogP contribution < -0.4 is 5.73 Å². The van der Waals surface area contributed by atoms with Crippen molar-refractivity contribution in [2.75, 3.05) is 6.54 Å². The zero-order chi connectivity index (χ0) is 11.4. The predicted molar refractivity (Wildman–Crippen MR) is 59.8 cm³/mol. The predicted octanol–water partition coefficient (Wildman–Crippen LogP) is 0.0440. The van der Waals surface area contributed by atoms with Crippen molar-refractivity contribution in [3.8, 4) is 0 Å². The van der Waals surface area contributed by atoms with E-state index in [2.05, 4.69) is 22.3 Å². The third kappa shape index (κ3) is 2.46. The van der Waals surface area contributed by atoms with E-state index in [-0.39, 0.29) is 0 Å². The van der Waals surface area contributed by atoms with Gasteiger partial charge in [-0.25, -0.2) is 4.68 Å². The molecule has 0 amide bonds. The zero-order valence-electron chi connectivity index (χ0n) is 9.37. The molecule has 0 aliphatic carbocycles. The summed E-state index contributed by atoms with van der Waals surface area (Å²) in [6.07, 6.45) is 6.57. The van der Waals surface area contributed by atoms with Crippen molar-refractivity contribution >= 4 is 0 Å². The van der Waals surface area contributed by atoms with E-state index < -0.39 is 0 Å². The molecule has 0 atom stereocenters. The van der Waals surface area contributed by atoms with Crippen LogP contribution in [0.5, 0.6) is 0 Å². The molecule has 6 nitrogen and oxygen atoms in total. The molecule has 2 N–H and O–H groups in total. The molecule has 0 spiro atoms. The summed E-state index contributed by atoms with van der Waals surface area (Å²) in [7, 11) is 0. The normalized spacial score (nSPS) is 10.9. The van der Waals surface area contributed by atoms with Crippen LogP contribution in [-0.4, -0.2) is 31.3 Å². The van der Waals surface area contributed by atoms with Crippen LogP contribution in [0.1, 0.15) is 18.2 Å². The van der Waals surface area contributed by atoms with Crippen LogP contribution in [0.4, 0.5) is 0 Å². The average Bonchev–Trinajstić information content (AvgIpc) is 2.89. The van der Waals surface area contributed by atoms with Gasteiger partial charge in [0.15, 0.2) is 0 Å². The molecule has 86 valence electrons. The molecule has 0 bridgehead atoms. The SMILES string of the molecule is CCn1cc(Cn2cc(CCN)nn2)cn1. The Morgan fingerprint density at radius 2 is 2.19 bits per heavy atom. The van der Waals surface area contributed by atoms with E-state index >= 15 is 0 Å². The van der Waals surface area contributed by atoms with Crippen LogP contribution in [0.15, 0.2) is 18.6 Å². The van der Waals surface area contributed by atoms with E-state index in [9.17, 15) is 0 Å². The molecule has 6 heteroatoms. The van der Waals surface area contributed by atoms with Crippen molar-refractivity contribution in [3.05, 3.63) is 29.8 Å². The van der Waals surface area contributed by atoms with Gasteiger partial charge in [0.1, 0.15) is 0 Å². The fraction of sp³-hybridized carbons (Fsp3) is 0.500. The molecule has 0 aliphatic heterocycles. The van der Waals surface area contributed by atoms with Crippen molar-refractivity contribution in [1.82, 2.24) is 24.8 Å². The van der Waals surface area contributed by atoms with Gasteiger partial charge in [0, 0.05) is 30.9 Å². The summed E-state index contributed by atoms with van der Waals surface area (Å²) >= 11 is 0. The van der Waals surface area contributed by atoms with Gasteiger partial charge < -0.3 is 5.73 Å². The van der Waals surface area contributed by atoms with Crippen LogP contribution in [0, 0.1) is 0 Å². The van der Waals surface area contributed by atoms with Crippen molar-refractivity contribution < 1.29 is 0 Å². The summed E-state index contributed by atoms with van der Waals surface area (Å²) in [6, 6.07) is 0. The maximum Gasteiger partial charge on any atom is 0.0839 e. The second-order valence-corrected chi connectivity index (χ2v) is 3.65. The molecule has 16 heavy (non-hydrogen) atoms. The monoisotopic (exact) mass is 220 g/mol. The van der Waals surface area contributed by atoms with Gasteiger partial charge in [0.2, 0.25) is 0 Å². The molecule has 0 aliphatic rings. The number of nitrogens with two attached hydrogens (primary N) is 1. The maximum absolute atomic E-state index is 5.45. The van der Waals surface area contributed by atoms with Crippen molar-refractivity contribution in [2.45, 2.75) is 26.4 Å². The minimum atomic E-state index is 0.604. The van der Waals surface area contributed by atoms with E-state index in [1.165, 1.54) is 0 Å². The van der Waals surface area contributed by atoms with E-state index in [0.717, 1.165) is 24.2 Å². The Hall–Kier alpha value is -1.69. The quantitative estimate of drug-likeness (QED) is 0.772. The standard InChI is InChI=1S/C10H16N6/c1-2-15-6-9(5-12-15)7-16-8-10(3-4-11)13-14-16/h5-6,8H,2-4,7,11H2,1H3. The molecule has 0 unspecified atom stereocenters. The topological polar surface area (TPSA) is 74.5 Å². The van der Waals surface area contributed by atoms with Crippen molar-refractivity contribution in [2.24, 2.45) is 5.73 Å². The minimum Gasteiger partial charge on any atom is -0.330 e. The number of aryl methyl sites for hydroxylation is 1. The highest BCUT2D eigenvalue weighted by Crippen LogP contribution is 2.01. The smallest absolute Gasteiger partial charge is 0.0839 e. The lowest BCUT2D eigenvalue weighted by Gasteiger charge is -1.95. The highest BCUT2D eigenvalue weighted by molar-refractivity contribution is 5.05. The Morgan fingerprint density at radius 1 is 1.31 bits per heavy atom. The molecule has 0 fully saturated rings. The van der Waals surface area contributed by atoms with Crippen LogP contribution >= 0.6 is 0 Å². The van der Waals surface area contributed by atoms with Gasteiger partial charge in [-0.05, 0) is 13.5 Å². The molecule has 2 aromatic rings. The average molecular weight is 220 g/mol. The number of rotatable bonds is 5. The molecular formula is C10H16N6. The minimum absolute atomic E-state index is 0.604. The summed E-state index contributed by atoms with van der Waals surface area (Å²) in [5, 5.41) is 12.3. The van der Waals surface area contributed by atoms with Crippen LogP contribution in [0.2, 0.25) is 0 Å². The molecule has 0 radical (unpaired) electrons. The Labute approximate surface area is 94.1 Å². The maximum atomic E-state index is 5.45. The molecule has 0 aromatic carbocycles. The molecule has 0 saturated carbocycles. The summed E-state index contributed by atoms with van der Waals surface area (Å²) in [6.45, 7) is 4.26. The first kappa shape index (κ1) is 10.8. The number of aromatic nitrogens is 5. The van der Waals surface area contributed by atoms with Gasteiger partial charge in [-0.3, -0.25) is 4.68 Å². The second kappa shape index (κ2) is 4.89. The van der Waals surface area contributed by atoms with Gasteiger partial charge in [-0.2, -0.15) is 5.10 Å². The highest BCUT2D eigenvalue weighted by atomic mass is 15.4. The Bertz CT molecular complexity index is 444. The van der Waals surface area contributed by atoms with Crippen molar-refractivity contribution in [3.63, 3.8) is 0 Å². The van der Waals surface area contributed by atoms with Gasteiger partial charge in [-0.15, -0.1) is 5.10 Å². The molecule has 2 heterocycles. The number of nitrogens with zero attached hydrogens (tertiary/aromatic N) is 5. The molecule has 2 aromatic heterocycles. The summed E-state index contributed by atoms with van der Waals surface area (Å²) in [4.78, 5) is 0. The number of hydrogen-bond acceptors (Lipinski definition) is 4. The second-order valence-electron chi connectivity index (χ2n) is 3.65. The third-order valence-electron chi connectivity index (χ3n) is 2.34. The van der Waals surface area contributed by atoms with Gasteiger partial charge >= 0.3 is 0 Å². The Morgan fingerprint density at radius 3 is 2.88 bits per heavy atom. The van der Waals surface area contributed by atoms with E-state index in [1.54, 1.807) is 0 Å². The van der Waals surface area contributed by atoms with Gasteiger partial charge in [-0.1, -0.05) is 5.21 Å². The lowest BCUT2D eigenvalue weighted by Crippen LogP contribution is -2.02. The third-order valence-corrected chi connectivity index (χ3v) is 2.34. The summed E-state index contributed by atoms with van der Waals surface area (Å²) < 4.78 is 3.70. The fourth-order valence-electron chi connectivity index (χ4n) is 1.53. The van der Waals surface area contributed by atoms with E-state index in [4.69, 9.17) is 5.73 Å². The first-order valence-corrected chi connectivity index (χ1v) is 5.42. The van der Waals surface area contributed by atoms with Crippen LogP contribution in [0.3, 0.4) is 0 Å². The first-order chi connectivity index (χ1) is 7.81. The zero-order valence-corrected chi connectivity index (χ0v) is 9.37. The molecule has 0 saturated heterocycles. The molecule has 2 rings (SSSR count). The molecular weight excluding hydrogens is 204 g/mol. The summed E-state index contributed by atoms with van der Waals surface area (Å²) in [5.41, 5.74) is 7.52. The highest BCUT2D eigenvalue weighted by Gasteiger charge is 2.02. The Balaban J connectivity index is 2.02. The van der Waals surface area contributed by atoms with Crippen molar-refractivity contribution in [1.29, 1.82) is 0 Å². The lowest BCUT2D eigenvalue weighted by atomic mass is 10.3. The number of hydrogen-bond donors (Lipinski definition) is 1. The van der Waals surface area contributed by atoms with Gasteiger partial charge in [0.05, 0.1) is 18.4 Å². The van der Waals surface area contributed by atoms with E-state index in [0.29, 0.717) is 13.1 Å². The first-order valence-electron chi connectivity index (χ1n) is 5.42. The largest absolute Gasteiger partial charge is 0.330 e. The van der Waals surface area contributed by atoms with Gasteiger partial charge in [0.25, 0.3) is 0 Å². The summed E-state index contributed by atoms with van der Waals surface area (Å²) in [5.74, 6) is 0. The lowest BCUT2D eigenvalue weighted by molar-refractivity contribution is 0.641. The Kier molecular flexibility index (Phi) is 3.31. The van der Waals surface area contributed by atoms with Crippen LogP contribution in [-0.2, 0) is 19.5 Å². The van der Waals surface area contributed by atoms with E-state index in [1.807, 2.05) is 28.0 Å². The fourth-order valence-corrected chi connectivity index (χ4v) is 1.53.